The van der Waals surface area contributed by atoms with Crippen molar-refractivity contribution in [1.29, 1.82) is 0 Å². The SMILES string of the molecule is CCCCCCCCC=CCCCCCCCC(=O)NCC(N)=O. The number of hydrogen-bond donors (Lipinski definition) is 2. The van der Waals surface area contributed by atoms with Crippen molar-refractivity contribution in [3.05, 3.63) is 12.2 Å². The van der Waals surface area contributed by atoms with Crippen LogP contribution in [0.1, 0.15) is 96.8 Å². The van der Waals surface area contributed by atoms with Crippen LogP contribution < -0.4 is 11.1 Å². The van der Waals surface area contributed by atoms with E-state index in [9.17, 15) is 9.59 Å². The van der Waals surface area contributed by atoms with E-state index in [1.54, 1.807) is 0 Å². The molecule has 0 unspecified atom stereocenters. The van der Waals surface area contributed by atoms with E-state index in [2.05, 4.69) is 24.4 Å². The summed E-state index contributed by atoms with van der Waals surface area (Å²) in [6.45, 7) is 2.20. The summed E-state index contributed by atoms with van der Waals surface area (Å²) in [4.78, 5) is 21.9. The van der Waals surface area contributed by atoms with Gasteiger partial charge in [-0.05, 0) is 32.1 Å². The number of primary amides is 1. The highest BCUT2D eigenvalue weighted by molar-refractivity contribution is 5.83. The molecule has 3 N–H and O–H groups in total. The molecule has 0 bridgehead atoms. The standard InChI is InChI=1S/C20H38N2O2/c1-2-3-4-5-6-7-8-9-10-11-12-13-14-15-16-17-20(24)22-18-19(21)23/h9-10H,2-8,11-18H2,1H3,(H2,21,23)(H,22,24). The van der Waals surface area contributed by atoms with Gasteiger partial charge in [-0.25, -0.2) is 0 Å². The molecule has 0 aliphatic rings. The molecule has 0 rings (SSSR count). The number of nitrogens with one attached hydrogen (secondary N) is 1. The summed E-state index contributed by atoms with van der Waals surface area (Å²) in [5.41, 5.74) is 4.97. The van der Waals surface area contributed by atoms with Gasteiger partial charge in [-0.2, -0.15) is 0 Å². The summed E-state index contributed by atoms with van der Waals surface area (Å²) in [5, 5.41) is 2.51. The number of amides is 2. The van der Waals surface area contributed by atoms with Gasteiger partial charge in [0.2, 0.25) is 11.8 Å². The molecule has 2 amide bonds. The monoisotopic (exact) mass is 338 g/mol. The van der Waals surface area contributed by atoms with Gasteiger partial charge < -0.3 is 11.1 Å². The molecule has 0 heterocycles. The lowest BCUT2D eigenvalue weighted by molar-refractivity contribution is -0.124. The van der Waals surface area contributed by atoms with Gasteiger partial charge in [-0.3, -0.25) is 9.59 Å². The van der Waals surface area contributed by atoms with Crippen LogP contribution in [0.5, 0.6) is 0 Å². The van der Waals surface area contributed by atoms with Crippen LogP contribution in [-0.4, -0.2) is 18.4 Å². The molecule has 0 saturated carbocycles. The lowest BCUT2D eigenvalue weighted by Gasteiger charge is -2.02. The average molecular weight is 339 g/mol. The number of nitrogens with two attached hydrogens (primary N) is 1. The van der Waals surface area contributed by atoms with Gasteiger partial charge in [-0.1, -0.05) is 70.4 Å². The summed E-state index contributed by atoms with van der Waals surface area (Å²) in [7, 11) is 0. The summed E-state index contributed by atoms with van der Waals surface area (Å²) in [6, 6.07) is 0. The summed E-state index contributed by atoms with van der Waals surface area (Å²) in [6.07, 6.45) is 21.4. The van der Waals surface area contributed by atoms with Gasteiger partial charge in [0.15, 0.2) is 0 Å². The molecule has 0 radical (unpaired) electrons. The molecule has 0 aromatic carbocycles. The summed E-state index contributed by atoms with van der Waals surface area (Å²) < 4.78 is 0. The molecule has 4 nitrogen and oxygen atoms in total. The summed E-state index contributed by atoms with van der Waals surface area (Å²) >= 11 is 0. The zero-order valence-electron chi connectivity index (χ0n) is 15.7. The maximum atomic E-state index is 11.4. The van der Waals surface area contributed by atoms with Crippen molar-refractivity contribution in [2.75, 3.05) is 6.54 Å². The Morgan fingerprint density at radius 3 is 1.83 bits per heavy atom. The first kappa shape index (κ1) is 22.7. The molecule has 0 aliphatic heterocycles. The largest absolute Gasteiger partial charge is 0.368 e. The molecule has 0 atom stereocenters. The van der Waals surface area contributed by atoms with Crippen molar-refractivity contribution >= 4 is 11.8 Å². The van der Waals surface area contributed by atoms with Crippen LogP contribution in [0.2, 0.25) is 0 Å². The highest BCUT2D eigenvalue weighted by atomic mass is 16.2. The smallest absolute Gasteiger partial charge is 0.236 e. The minimum absolute atomic E-state index is 0.0517. The van der Waals surface area contributed by atoms with Gasteiger partial charge in [0.25, 0.3) is 0 Å². The number of carbonyl (C=O) groups is 2. The average Bonchev–Trinajstić information content (AvgIpc) is 2.56. The van der Waals surface area contributed by atoms with Crippen LogP contribution in [-0.2, 0) is 9.59 Å². The van der Waals surface area contributed by atoms with Gasteiger partial charge >= 0.3 is 0 Å². The van der Waals surface area contributed by atoms with Crippen LogP contribution in [0.15, 0.2) is 12.2 Å². The van der Waals surface area contributed by atoms with Crippen molar-refractivity contribution in [2.45, 2.75) is 96.8 Å². The van der Waals surface area contributed by atoms with E-state index in [-0.39, 0.29) is 12.5 Å². The second-order valence-electron chi connectivity index (χ2n) is 6.58. The normalized spacial score (nSPS) is 11.0. The predicted molar refractivity (Wildman–Crippen MR) is 102 cm³/mol. The Morgan fingerprint density at radius 1 is 0.792 bits per heavy atom. The van der Waals surface area contributed by atoms with E-state index in [4.69, 9.17) is 5.73 Å². The maximum absolute atomic E-state index is 11.4. The van der Waals surface area contributed by atoms with Crippen molar-refractivity contribution in [3.8, 4) is 0 Å². The molecule has 0 aromatic rings. The van der Waals surface area contributed by atoms with Crippen molar-refractivity contribution < 1.29 is 9.59 Å². The third-order valence-corrected chi connectivity index (χ3v) is 4.13. The summed E-state index contributed by atoms with van der Waals surface area (Å²) in [5.74, 6) is -0.570. The van der Waals surface area contributed by atoms with Crippen LogP contribution in [0.3, 0.4) is 0 Å². The molecule has 0 spiro atoms. The van der Waals surface area contributed by atoms with Crippen molar-refractivity contribution in [2.24, 2.45) is 5.73 Å². The second kappa shape index (κ2) is 18.0. The molecular formula is C20H38N2O2. The van der Waals surface area contributed by atoms with E-state index in [0.29, 0.717) is 6.42 Å². The number of allylic oxidation sites excluding steroid dienone is 2. The molecule has 0 fully saturated rings. The Kier molecular flexibility index (Phi) is 17.0. The lowest BCUT2D eigenvalue weighted by Crippen LogP contribution is -2.33. The van der Waals surface area contributed by atoms with E-state index < -0.39 is 5.91 Å². The Morgan fingerprint density at radius 2 is 1.29 bits per heavy atom. The van der Waals surface area contributed by atoms with Gasteiger partial charge in [0, 0.05) is 6.42 Å². The zero-order chi connectivity index (χ0) is 17.9. The van der Waals surface area contributed by atoms with Crippen molar-refractivity contribution in [3.63, 3.8) is 0 Å². The highest BCUT2D eigenvalue weighted by Crippen LogP contribution is 2.09. The van der Waals surface area contributed by atoms with E-state index in [1.165, 1.54) is 70.6 Å². The predicted octanol–water partition coefficient (Wildman–Crippen LogP) is 4.63. The van der Waals surface area contributed by atoms with E-state index in [1.807, 2.05) is 0 Å². The number of hydrogen-bond acceptors (Lipinski definition) is 2. The lowest BCUT2D eigenvalue weighted by atomic mass is 10.1. The van der Waals surface area contributed by atoms with Gasteiger partial charge in [0.1, 0.15) is 0 Å². The van der Waals surface area contributed by atoms with Crippen LogP contribution in [0.25, 0.3) is 0 Å². The topological polar surface area (TPSA) is 72.2 Å². The zero-order valence-corrected chi connectivity index (χ0v) is 15.7. The van der Waals surface area contributed by atoms with Crippen LogP contribution in [0.4, 0.5) is 0 Å². The molecule has 4 heteroatoms. The molecule has 140 valence electrons. The molecule has 0 aliphatic carbocycles. The molecule has 0 aromatic heterocycles. The molecular weight excluding hydrogens is 300 g/mol. The Bertz CT molecular complexity index is 341. The third kappa shape index (κ3) is 18.7. The minimum atomic E-state index is -0.493. The molecule has 0 saturated heterocycles. The first-order valence-corrected chi connectivity index (χ1v) is 9.86. The number of carbonyl (C=O) groups excluding carboxylic acids is 2. The maximum Gasteiger partial charge on any atom is 0.236 e. The highest BCUT2D eigenvalue weighted by Gasteiger charge is 2.01. The number of unbranched alkanes of at least 4 members (excludes halogenated alkanes) is 11. The fraction of sp³-hybridized carbons (Fsp3) is 0.800. The Labute approximate surface area is 148 Å². The quantitative estimate of drug-likeness (QED) is 0.300. The van der Waals surface area contributed by atoms with Gasteiger partial charge in [0.05, 0.1) is 6.54 Å². The minimum Gasteiger partial charge on any atom is -0.368 e. The fourth-order valence-corrected chi connectivity index (χ4v) is 2.63. The third-order valence-electron chi connectivity index (χ3n) is 4.13. The first-order chi connectivity index (χ1) is 11.7. The fourth-order valence-electron chi connectivity index (χ4n) is 2.63. The number of rotatable bonds is 17. The first-order valence-electron chi connectivity index (χ1n) is 9.86. The van der Waals surface area contributed by atoms with Crippen LogP contribution in [0, 0.1) is 0 Å². The Hall–Kier alpha value is -1.32. The Balaban J connectivity index is 3.20. The van der Waals surface area contributed by atoms with E-state index >= 15 is 0 Å². The second-order valence-corrected chi connectivity index (χ2v) is 6.58. The van der Waals surface area contributed by atoms with E-state index in [0.717, 1.165) is 12.8 Å². The van der Waals surface area contributed by atoms with Crippen LogP contribution >= 0.6 is 0 Å². The van der Waals surface area contributed by atoms with Gasteiger partial charge in [-0.15, -0.1) is 0 Å². The molecule has 24 heavy (non-hydrogen) atoms. The van der Waals surface area contributed by atoms with Crippen molar-refractivity contribution in [1.82, 2.24) is 5.32 Å².